The lowest BCUT2D eigenvalue weighted by Crippen LogP contribution is -2.22. The van der Waals surface area contributed by atoms with Crippen molar-refractivity contribution >= 4 is 51.9 Å². The molecule has 32 heavy (non-hydrogen) atoms. The molecule has 1 saturated heterocycles. The minimum atomic E-state index is -0.134. The van der Waals surface area contributed by atoms with Gasteiger partial charge in [0.05, 0.1) is 17.0 Å². The van der Waals surface area contributed by atoms with Crippen molar-refractivity contribution in [1.82, 2.24) is 4.90 Å². The Morgan fingerprint density at radius 3 is 2.56 bits per heavy atom. The topological polar surface area (TPSA) is 48.0 Å². The lowest BCUT2D eigenvalue weighted by molar-refractivity contribution is -0.121. The molecule has 1 aliphatic heterocycles. The summed E-state index contributed by atoms with van der Waals surface area (Å²) in [6, 6.07) is 11.6. The molecular weight excluding hydrogens is 466 g/mol. The first-order chi connectivity index (χ1) is 15.3. The predicted octanol–water partition coefficient (Wildman–Crippen LogP) is 6.15. The third-order valence-corrected chi connectivity index (χ3v) is 6.95. The van der Waals surface area contributed by atoms with E-state index in [0.29, 0.717) is 44.9 Å². The van der Waals surface area contributed by atoms with E-state index in [9.17, 15) is 4.79 Å². The number of halogens is 1. The number of methoxy groups -OCH3 is 1. The molecule has 170 valence electrons. The van der Waals surface area contributed by atoms with Crippen molar-refractivity contribution in [2.45, 2.75) is 26.2 Å². The van der Waals surface area contributed by atoms with E-state index in [1.807, 2.05) is 18.2 Å². The summed E-state index contributed by atoms with van der Waals surface area (Å²) >= 11 is 12.9. The van der Waals surface area contributed by atoms with Crippen molar-refractivity contribution in [2.75, 3.05) is 27.4 Å². The molecule has 0 unspecified atom stereocenters. The smallest absolute Gasteiger partial charge is 0.265 e. The Labute approximate surface area is 203 Å². The van der Waals surface area contributed by atoms with Crippen molar-refractivity contribution in [3.8, 4) is 17.2 Å². The predicted molar refractivity (Wildman–Crippen MR) is 135 cm³/mol. The zero-order chi connectivity index (χ0) is 23.3. The van der Waals surface area contributed by atoms with E-state index in [1.165, 1.54) is 22.2 Å². The van der Waals surface area contributed by atoms with Crippen LogP contribution in [-0.4, -0.2) is 42.5 Å². The van der Waals surface area contributed by atoms with Crippen LogP contribution in [0.5, 0.6) is 17.2 Å². The Kier molecular flexibility index (Phi) is 8.45. The van der Waals surface area contributed by atoms with Crippen molar-refractivity contribution in [2.24, 2.45) is 0 Å². The zero-order valence-corrected chi connectivity index (χ0v) is 20.9. The van der Waals surface area contributed by atoms with Crippen LogP contribution in [0.3, 0.4) is 0 Å². The molecule has 3 rings (SSSR count). The van der Waals surface area contributed by atoms with Crippen LogP contribution in [-0.2, 0) is 4.79 Å². The molecule has 0 spiro atoms. The Bertz CT molecular complexity index is 1040. The average molecular weight is 492 g/mol. The second kappa shape index (κ2) is 11.1. The number of hydrogen-bond acceptors (Lipinski definition) is 6. The highest BCUT2D eigenvalue weighted by Gasteiger charge is 2.28. The van der Waals surface area contributed by atoms with Crippen molar-refractivity contribution in [3.63, 3.8) is 0 Å². The number of likely N-dealkylation sites (N-methyl/N-ethyl adjacent to an activating group) is 1. The summed E-state index contributed by atoms with van der Waals surface area (Å²) in [6.07, 6.45) is 2.79. The van der Waals surface area contributed by atoms with Gasteiger partial charge in [0.25, 0.3) is 5.91 Å². The lowest BCUT2D eigenvalue weighted by atomic mass is 9.98. The van der Waals surface area contributed by atoms with Gasteiger partial charge in [-0.2, -0.15) is 0 Å². The molecule has 2 aromatic rings. The van der Waals surface area contributed by atoms with Gasteiger partial charge in [-0.1, -0.05) is 67.6 Å². The van der Waals surface area contributed by atoms with Crippen LogP contribution < -0.4 is 14.2 Å². The number of rotatable bonds is 9. The molecule has 0 radical (unpaired) electrons. The maximum atomic E-state index is 12.2. The number of amides is 1. The van der Waals surface area contributed by atoms with Crippen LogP contribution >= 0.6 is 35.6 Å². The fraction of sp³-hybridized carbons (Fsp3) is 0.333. The molecule has 8 heteroatoms. The molecule has 0 N–H and O–H groups in total. The van der Waals surface area contributed by atoms with E-state index >= 15 is 0 Å². The van der Waals surface area contributed by atoms with Gasteiger partial charge < -0.3 is 14.2 Å². The molecule has 1 amide bonds. The van der Waals surface area contributed by atoms with Gasteiger partial charge in [0, 0.05) is 7.05 Å². The summed E-state index contributed by atoms with van der Waals surface area (Å²) in [4.78, 5) is 14.2. The minimum Gasteiger partial charge on any atom is -0.493 e. The van der Waals surface area contributed by atoms with Gasteiger partial charge in [0.2, 0.25) is 0 Å². The molecule has 2 aromatic carbocycles. The third kappa shape index (κ3) is 5.57. The Morgan fingerprint density at radius 2 is 1.91 bits per heavy atom. The highest BCUT2D eigenvalue weighted by atomic mass is 35.5. The van der Waals surface area contributed by atoms with Gasteiger partial charge in [-0.3, -0.25) is 9.69 Å². The highest BCUT2D eigenvalue weighted by Crippen LogP contribution is 2.39. The van der Waals surface area contributed by atoms with E-state index in [2.05, 4.69) is 19.9 Å². The number of thiocarbonyl (C=S) groups is 1. The monoisotopic (exact) mass is 491 g/mol. The van der Waals surface area contributed by atoms with E-state index < -0.39 is 0 Å². The van der Waals surface area contributed by atoms with Gasteiger partial charge in [-0.15, -0.1) is 0 Å². The summed E-state index contributed by atoms with van der Waals surface area (Å²) in [7, 11) is 3.21. The third-order valence-electron chi connectivity index (χ3n) is 5.19. The zero-order valence-electron chi connectivity index (χ0n) is 18.5. The maximum absolute atomic E-state index is 12.2. The summed E-state index contributed by atoms with van der Waals surface area (Å²) in [5, 5.41) is 0.391. The SMILES string of the molecule is CC[C@H](C)c1ccccc1OCCOc1c(Cl)cc(/C=C2\SC(=S)N(C)C2=O)cc1OC. The summed E-state index contributed by atoms with van der Waals surface area (Å²) in [5.41, 5.74) is 1.92. The molecule has 1 aliphatic rings. The van der Waals surface area contributed by atoms with Gasteiger partial charge in [-0.25, -0.2) is 0 Å². The Morgan fingerprint density at radius 1 is 1.19 bits per heavy atom. The molecule has 1 fully saturated rings. The average Bonchev–Trinajstić information content (AvgIpc) is 3.03. The van der Waals surface area contributed by atoms with Gasteiger partial charge in [-0.05, 0) is 47.7 Å². The second-order valence-corrected chi connectivity index (χ2v) is 9.40. The summed E-state index contributed by atoms with van der Waals surface area (Å²) in [6.45, 7) is 5.02. The number of benzene rings is 2. The first-order valence-electron chi connectivity index (χ1n) is 10.3. The number of hydrogen-bond donors (Lipinski definition) is 0. The molecule has 1 heterocycles. The molecule has 0 saturated carbocycles. The van der Waals surface area contributed by atoms with Crippen LogP contribution in [0.4, 0.5) is 0 Å². The van der Waals surface area contributed by atoms with E-state index in [0.717, 1.165) is 17.7 Å². The van der Waals surface area contributed by atoms with E-state index in [-0.39, 0.29) is 5.91 Å². The highest BCUT2D eigenvalue weighted by molar-refractivity contribution is 8.26. The largest absolute Gasteiger partial charge is 0.493 e. The molecule has 0 aromatic heterocycles. The lowest BCUT2D eigenvalue weighted by Gasteiger charge is -2.17. The van der Waals surface area contributed by atoms with E-state index in [4.69, 9.17) is 38.0 Å². The van der Waals surface area contributed by atoms with Gasteiger partial charge in [0.1, 0.15) is 23.3 Å². The number of carbonyl (C=O) groups is 1. The Balaban J connectivity index is 1.68. The number of para-hydroxylation sites is 1. The quantitative estimate of drug-likeness (QED) is 0.238. The fourth-order valence-electron chi connectivity index (χ4n) is 3.19. The van der Waals surface area contributed by atoms with Crippen LogP contribution in [0.2, 0.25) is 5.02 Å². The summed E-state index contributed by atoms with van der Waals surface area (Å²) < 4.78 is 17.8. The summed E-state index contributed by atoms with van der Waals surface area (Å²) in [5.74, 6) is 2.07. The first kappa shape index (κ1) is 24.4. The number of nitrogens with zero attached hydrogens (tertiary/aromatic N) is 1. The standard InChI is InChI=1S/C24H26ClNO4S2/c1-5-15(2)17-8-6-7-9-19(17)29-10-11-30-22-18(25)12-16(13-20(22)28-4)14-21-23(27)26(3)24(31)32-21/h6-9,12-15H,5,10-11H2,1-4H3/b21-14-/t15-/m0/s1. The van der Waals surface area contributed by atoms with Gasteiger partial charge in [0.15, 0.2) is 11.5 Å². The number of ether oxygens (including phenoxy) is 3. The minimum absolute atomic E-state index is 0.134. The van der Waals surface area contributed by atoms with Crippen molar-refractivity contribution < 1.29 is 19.0 Å². The molecule has 0 bridgehead atoms. The molecule has 1 atom stereocenters. The second-order valence-electron chi connectivity index (χ2n) is 7.32. The van der Waals surface area contributed by atoms with Gasteiger partial charge >= 0.3 is 0 Å². The van der Waals surface area contributed by atoms with Crippen LogP contribution in [0.25, 0.3) is 6.08 Å². The van der Waals surface area contributed by atoms with Crippen LogP contribution in [0.15, 0.2) is 41.3 Å². The van der Waals surface area contributed by atoms with Crippen LogP contribution in [0.1, 0.15) is 37.3 Å². The molecule has 5 nitrogen and oxygen atoms in total. The molecule has 0 aliphatic carbocycles. The fourth-order valence-corrected chi connectivity index (χ4v) is 4.65. The number of carbonyl (C=O) groups excluding carboxylic acids is 1. The normalized spacial score (nSPS) is 15.9. The van der Waals surface area contributed by atoms with Crippen molar-refractivity contribution in [1.29, 1.82) is 0 Å². The Hall–Kier alpha value is -2.22. The maximum Gasteiger partial charge on any atom is 0.265 e. The molecular formula is C24H26ClNO4S2. The van der Waals surface area contributed by atoms with E-state index in [1.54, 1.807) is 32.4 Å². The van der Waals surface area contributed by atoms with Crippen molar-refractivity contribution in [3.05, 3.63) is 57.5 Å². The first-order valence-corrected chi connectivity index (χ1v) is 11.9. The number of thioether (sulfide) groups is 1. The van der Waals surface area contributed by atoms with Crippen LogP contribution in [0, 0.1) is 0 Å².